The van der Waals surface area contributed by atoms with Gasteiger partial charge >= 0.3 is 0 Å². The maximum atomic E-state index is 12.6. The summed E-state index contributed by atoms with van der Waals surface area (Å²) in [7, 11) is -3.70. The molecule has 0 aliphatic carbocycles. The molecule has 0 amide bonds. The summed E-state index contributed by atoms with van der Waals surface area (Å²) in [5.74, 6) is 0. The lowest BCUT2D eigenvalue weighted by atomic mass is 10.2. The maximum Gasteiger partial charge on any atom is 0.225 e. The highest BCUT2D eigenvalue weighted by atomic mass is 35.5. The van der Waals surface area contributed by atoms with Crippen molar-refractivity contribution in [3.63, 3.8) is 0 Å². The molecule has 3 nitrogen and oxygen atoms in total. The van der Waals surface area contributed by atoms with Gasteiger partial charge in [0.25, 0.3) is 0 Å². The van der Waals surface area contributed by atoms with Crippen LogP contribution in [0.3, 0.4) is 0 Å². The van der Waals surface area contributed by atoms with Gasteiger partial charge in [-0.2, -0.15) is 0 Å². The van der Waals surface area contributed by atoms with Crippen LogP contribution in [0.2, 0.25) is 5.02 Å². The Morgan fingerprint density at radius 1 is 0.850 bits per heavy atom. The van der Waals surface area contributed by atoms with Gasteiger partial charge in [-0.25, -0.2) is 13.4 Å². The van der Waals surface area contributed by atoms with Crippen LogP contribution in [0.1, 0.15) is 0 Å². The average molecular weight is 304 g/mol. The molecule has 3 rings (SSSR count). The number of hydrogen-bond donors (Lipinski definition) is 0. The average Bonchev–Trinajstić information content (AvgIpc) is 2.47. The van der Waals surface area contributed by atoms with Crippen molar-refractivity contribution in [3.05, 3.63) is 65.7 Å². The van der Waals surface area contributed by atoms with E-state index < -0.39 is 9.84 Å². The second kappa shape index (κ2) is 4.89. The summed E-state index contributed by atoms with van der Waals surface area (Å²) >= 11 is 5.97. The van der Waals surface area contributed by atoms with E-state index >= 15 is 0 Å². The SMILES string of the molecule is O=S(=O)(c1ccc2ccccc2n1)c1ccccc1Cl. The number of benzene rings is 2. The number of rotatable bonds is 2. The number of para-hydroxylation sites is 1. The van der Waals surface area contributed by atoms with Crippen molar-refractivity contribution in [2.75, 3.05) is 0 Å². The molecule has 0 spiro atoms. The van der Waals surface area contributed by atoms with Crippen molar-refractivity contribution >= 4 is 32.3 Å². The third-order valence-corrected chi connectivity index (χ3v) is 5.13. The quantitative estimate of drug-likeness (QED) is 0.725. The van der Waals surface area contributed by atoms with Gasteiger partial charge in [0.1, 0.15) is 0 Å². The van der Waals surface area contributed by atoms with Crippen molar-refractivity contribution < 1.29 is 8.42 Å². The van der Waals surface area contributed by atoms with Gasteiger partial charge < -0.3 is 0 Å². The topological polar surface area (TPSA) is 47.0 Å². The third kappa shape index (κ3) is 2.17. The van der Waals surface area contributed by atoms with Gasteiger partial charge in [0.05, 0.1) is 15.4 Å². The first kappa shape index (κ1) is 13.1. The van der Waals surface area contributed by atoms with Crippen LogP contribution < -0.4 is 0 Å². The molecule has 0 aliphatic rings. The van der Waals surface area contributed by atoms with Gasteiger partial charge in [0.2, 0.25) is 9.84 Å². The number of sulfone groups is 1. The highest BCUT2D eigenvalue weighted by Gasteiger charge is 2.22. The van der Waals surface area contributed by atoms with Crippen molar-refractivity contribution in [1.29, 1.82) is 0 Å². The molecule has 0 fully saturated rings. The smallest absolute Gasteiger partial charge is 0.225 e. The van der Waals surface area contributed by atoms with Crippen LogP contribution in [-0.2, 0) is 9.84 Å². The normalized spacial score (nSPS) is 11.7. The van der Waals surface area contributed by atoms with E-state index in [1.54, 1.807) is 30.3 Å². The Balaban J connectivity index is 2.22. The Morgan fingerprint density at radius 3 is 2.35 bits per heavy atom. The van der Waals surface area contributed by atoms with Crippen LogP contribution in [0.25, 0.3) is 10.9 Å². The molecule has 0 radical (unpaired) electrons. The monoisotopic (exact) mass is 303 g/mol. The minimum atomic E-state index is -3.70. The van der Waals surface area contributed by atoms with Gasteiger partial charge in [0.15, 0.2) is 5.03 Å². The highest BCUT2D eigenvalue weighted by Crippen LogP contribution is 2.27. The fourth-order valence-corrected chi connectivity index (χ4v) is 3.69. The van der Waals surface area contributed by atoms with Gasteiger partial charge in [-0.3, -0.25) is 0 Å². The second-order valence-corrected chi connectivity index (χ2v) is 6.55. The number of nitrogens with zero attached hydrogens (tertiary/aromatic N) is 1. The Bertz CT molecular complexity index is 891. The van der Waals surface area contributed by atoms with Crippen molar-refractivity contribution in [2.24, 2.45) is 0 Å². The summed E-state index contributed by atoms with van der Waals surface area (Å²) in [5.41, 5.74) is 0.639. The first-order valence-corrected chi connectivity index (χ1v) is 7.80. The summed E-state index contributed by atoms with van der Waals surface area (Å²) in [5, 5.41) is 1.09. The zero-order valence-electron chi connectivity index (χ0n) is 10.3. The van der Waals surface area contributed by atoms with Gasteiger partial charge in [-0.05, 0) is 30.3 Å². The van der Waals surface area contributed by atoms with Crippen molar-refractivity contribution in [2.45, 2.75) is 9.92 Å². The van der Waals surface area contributed by atoms with E-state index in [2.05, 4.69) is 4.98 Å². The fraction of sp³-hybridized carbons (Fsp3) is 0. The molecule has 1 aromatic heterocycles. The molecule has 0 saturated heterocycles. The van der Waals surface area contributed by atoms with E-state index in [0.29, 0.717) is 5.52 Å². The molecule has 0 bridgehead atoms. The van der Waals surface area contributed by atoms with Gasteiger partial charge in [-0.15, -0.1) is 0 Å². The predicted molar refractivity (Wildman–Crippen MR) is 78.6 cm³/mol. The molecular formula is C15H10ClNO2S. The molecule has 100 valence electrons. The van der Waals surface area contributed by atoms with E-state index in [1.165, 1.54) is 12.1 Å². The van der Waals surface area contributed by atoms with E-state index in [1.807, 2.05) is 18.2 Å². The standard InChI is InChI=1S/C15H10ClNO2S/c16-12-6-2-4-8-14(12)20(18,19)15-10-9-11-5-1-3-7-13(11)17-15/h1-10H. The minimum Gasteiger partial charge on any atom is -0.236 e. The zero-order chi connectivity index (χ0) is 14.2. The Labute approximate surface area is 121 Å². The lowest BCUT2D eigenvalue weighted by Gasteiger charge is -2.06. The molecule has 2 aromatic carbocycles. The van der Waals surface area contributed by atoms with Crippen molar-refractivity contribution in [1.82, 2.24) is 4.98 Å². The number of hydrogen-bond acceptors (Lipinski definition) is 3. The molecule has 0 saturated carbocycles. The Hall–Kier alpha value is -1.91. The summed E-state index contributed by atoms with van der Waals surface area (Å²) in [6.45, 7) is 0. The minimum absolute atomic E-state index is 0.00398. The lowest BCUT2D eigenvalue weighted by Crippen LogP contribution is -2.05. The van der Waals surface area contributed by atoms with Crippen LogP contribution in [0.4, 0.5) is 0 Å². The van der Waals surface area contributed by atoms with Gasteiger partial charge in [0, 0.05) is 5.39 Å². The van der Waals surface area contributed by atoms with E-state index in [0.717, 1.165) is 5.39 Å². The van der Waals surface area contributed by atoms with Crippen LogP contribution in [0.5, 0.6) is 0 Å². The number of pyridine rings is 1. The molecule has 0 aliphatic heterocycles. The van der Waals surface area contributed by atoms with Crippen LogP contribution in [-0.4, -0.2) is 13.4 Å². The molecule has 0 atom stereocenters. The van der Waals surface area contributed by atoms with E-state index in [-0.39, 0.29) is 14.9 Å². The lowest BCUT2D eigenvalue weighted by molar-refractivity contribution is 0.593. The van der Waals surface area contributed by atoms with Crippen LogP contribution in [0, 0.1) is 0 Å². The zero-order valence-corrected chi connectivity index (χ0v) is 11.9. The molecule has 5 heteroatoms. The first-order valence-electron chi connectivity index (χ1n) is 5.94. The number of fused-ring (bicyclic) bond motifs is 1. The molecule has 20 heavy (non-hydrogen) atoms. The summed E-state index contributed by atoms with van der Waals surface area (Å²) in [6.07, 6.45) is 0. The van der Waals surface area contributed by atoms with Crippen molar-refractivity contribution in [3.8, 4) is 0 Å². The van der Waals surface area contributed by atoms with E-state index in [9.17, 15) is 8.42 Å². The Kier molecular flexibility index (Phi) is 3.20. The second-order valence-electron chi connectivity index (χ2n) is 4.28. The number of halogens is 1. The highest BCUT2D eigenvalue weighted by molar-refractivity contribution is 7.91. The molecule has 1 heterocycles. The van der Waals surface area contributed by atoms with Crippen LogP contribution in [0.15, 0.2) is 70.6 Å². The van der Waals surface area contributed by atoms with Gasteiger partial charge in [-0.1, -0.05) is 41.9 Å². The number of aromatic nitrogens is 1. The first-order chi connectivity index (χ1) is 9.59. The molecule has 0 unspecified atom stereocenters. The largest absolute Gasteiger partial charge is 0.236 e. The summed E-state index contributed by atoms with van der Waals surface area (Å²) < 4.78 is 25.1. The summed E-state index contributed by atoms with van der Waals surface area (Å²) in [6, 6.07) is 17.0. The maximum absolute atomic E-state index is 12.6. The fourth-order valence-electron chi connectivity index (χ4n) is 1.97. The molecule has 0 N–H and O–H groups in total. The summed E-state index contributed by atoms with van der Waals surface area (Å²) in [4.78, 5) is 4.29. The molecule has 3 aromatic rings. The van der Waals surface area contributed by atoms with E-state index in [4.69, 9.17) is 11.6 Å². The Morgan fingerprint density at radius 2 is 1.55 bits per heavy atom. The third-order valence-electron chi connectivity index (χ3n) is 2.97. The van der Waals surface area contributed by atoms with Crippen LogP contribution >= 0.6 is 11.6 Å². The predicted octanol–water partition coefficient (Wildman–Crippen LogP) is 3.72. The molecular weight excluding hydrogens is 294 g/mol.